The molecule has 1 atom stereocenters. The van der Waals surface area contributed by atoms with E-state index in [-0.39, 0.29) is 11.3 Å². The van der Waals surface area contributed by atoms with Crippen molar-refractivity contribution in [2.75, 3.05) is 19.1 Å². The molecular formula is C26H20N2O5S. The van der Waals surface area contributed by atoms with Crippen LogP contribution in [0.15, 0.2) is 78.4 Å². The zero-order valence-electron chi connectivity index (χ0n) is 18.4. The van der Waals surface area contributed by atoms with Gasteiger partial charge in [-0.15, -0.1) is 0 Å². The average Bonchev–Trinajstić information content (AvgIpc) is 3.41. The van der Waals surface area contributed by atoms with E-state index < -0.39 is 17.7 Å². The molecule has 3 aromatic carbocycles. The van der Waals surface area contributed by atoms with Crippen molar-refractivity contribution in [2.45, 2.75) is 6.04 Å². The van der Waals surface area contributed by atoms with E-state index in [0.717, 1.165) is 4.70 Å². The molecule has 1 N–H and O–H groups in total. The molecule has 1 aliphatic heterocycles. The number of methoxy groups -OCH3 is 2. The monoisotopic (exact) mass is 472 g/mol. The second kappa shape index (κ2) is 8.64. The highest BCUT2D eigenvalue weighted by Gasteiger charge is 2.49. The van der Waals surface area contributed by atoms with Crippen LogP contribution < -0.4 is 14.4 Å². The molecule has 1 fully saturated rings. The quantitative estimate of drug-likeness (QED) is 0.251. The zero-order chi connectivity index (χ0) is 23.8. The summed E-state index contributed by atoms with van der Waals surface area (Å²) in [6, 6.07) is 20.3. The van der Waals surface area contributed by atoms with Gasteiger partial charge in [0.25, 0.3) is 5.78 Å². The van der Waals surface area contributed by atoms with Crippen LogP contribution in [0.4, 0.5) is 5.13 Å². The fourth-order valence-corrected chi connectivity index (χ4v) is 5.11. The van der Waals surface area contributed by atoms with E-state index >= 15 is 0 Å². The molecule has 0 aliphatic carbocycles. The van der Waals surface area contributed by atoms with Crippen LogP contribution >= 0.6 is 11.3 Å². The van der Waals surface area contributed by atoms with E-state index in [4.69, 9.17) is 9.47 Å². The van der Waals surface area contributed by atoms with E-state index in [0.29, 0.717) is 33.3 Å². The standard InChI is InChI=1S/C26H20N2O5S/c1-32-16-12-13-18-20(14-16)34-26(27-18)28-22(17-10-6-7-11-19(17)33-2)21(24(30)25(28)31)23(29)15-8-4-3-5-9-15/h3-14,22,29H,1-2H3/b23-21+. The number of hydrogen-bond acceptors (Lipinski definition) is 7. The summed E-state index contributed by atoms with van der Waals surface area (Å²) in [6.45, 7) is 0. The molecule has 0 saturated carbocycles. The largest absolute Gasteiger partial charge is 0.507 e. The minimum absolute atomic E-state index is 0.0162. The SMILES string of the molecule is COc1ccc2nc(N3C(=O)C(=O)/C(=C(/O)c4ccccc4)C3c3ccccc3OC)sc2c1. The van der Waals surface area contributed by atoms with Gasteiger partial charge in [0.15, 0.2) is 5.13 Å². The van der Waals surface area contributed by atoms with Gasteiger partial charge >= 0.3 is 5.91 Å². The second-order valence-corrected chi connectivity index (χ2v) is 8.62. The summed E-state index contributed by atoms with van der Waals surface area (Å²) in [5.41, 5.74) is 1.66. The molecule has 7 nitrogen and oxygen atoms in total. The van der Waals surface area contributed by atoms with Crippen LogP contribution in [0, 0.1) is 0 Å². The first-order chi connectivity index (χ1) is 16.5. The van der Waals surface area contributed by atoms with Gasteiger partial charge in [0, 0.05) is 11.1 Å². The molecule has 0 bridgehead atoms. The van der Waals surface area contributed by atoms with E-state index in [1.165, 1.54) is 23.3 Å². The van der Waals surface area contributed by atoms with Crippen molar-refractivity contribution < 1.29 is 24.2 Å². The Bertz CT molecular complexity index is 1440. The molecule has 0 radical (unpaired) electrons. The molecule has 170 valence electrons. The number of aromatic nitrogens is 1. The summed E-state index contributed by atoms with van der Waals surface area (Å²) in [7, 11) is 3.10. The first kappa shape index (κ1) is 21.7. The lowest BCUT2D eigenvalue weighted by atomic mass is 9.95. The molecule has 5 rings (SSSR count). The number of rotatable bonds is 5. The number of anilines is 1. The predicted octanol–water partition coefficient (Wildman–Crippen LogP) is 4.94. The van der Waals surface area contributed by atoms with Crippen LogP contribution in [-0.2, 0) is 9.59 Å². The molecule has 1 saturated heterocycles. The van der Waals surface area contributed by atoms with Gasteiger partial charge in [-0.05, 0) is 24.3 Å². The van der Waals surface area contributed by atoms with Crippen molar-refractivity contribution in [1.82, 2.24) is 4.98 Å². The Labute approximate surface area is 199 Å². The van der Waals surface area contributed by atoms with Crippen LogP contribution in [0.3, 0.4) is 0 Å². The van der Waals surface area contributed by atoms with Crippen molar-refractivity contribution in [1.29, 1.82) is 0 Å². The van der Waals surface area contributed by atoms with E-state index in [9.17, 15) is 14.7 Å². The third-order valence-corrected chi connectivity index (χ3v) is 6.73. The Balaban J connectivity index is 1.75. The van der Waals surface area contributed by atoms with Gasteiger partial charge < -0.3 is 14.6 Å². The number of carbonyl (C=O) groups is 2. The lowest BCUT2D eigenvalue weighted by Gasteiger charge is -2.24. The van der Waals surface area contributed by atoms with Gasteiger partial charge in [0.2, 0.25) is 0 Å². The highest BCUT2D eigenvalue weighted by atomic mass is 32.1. The predicted molar refractivity (Wildman–Crippen MR) is 130 cm³/mol. The van der Waals surface area contributed by atoms with Crippen LogP contribution in [0.2, 0.25) is 0 Å². The van der Waals surface area contributed by atoms with Crippen molar-refractivity contribution in [3.8, 4) is 11.5 Å². The molecule has 1 aliphatic rings. The molecule has 2 heterocycles. The number of carbonyl (C=O) groups excluding carboxylic acids is 2. The first-order valence-electron chi connectivity index (χ1n) is 10.5. The molecule has 1 amide bonds. The Morgan fingerprint density at radius 1 is 0.971 bits per heavy atom. The number of thiazole rings is 1. The van der Waals surface area contributed by atoms with Gasteiger partial charge in [0.1, 0.15) is 23.3 Å². The maximum absolute atomic E-state index is 13.4. The Morgan fingerprint density at radius 2 is 1.71 bits per heavy atom. The van der Waals surface area contributed by atoms with Crippen molar-refractivity contribution in [2.24, 2.45) is 0 Å². The summed E-state index contributed by atoms with van der Waals surface area (Å²) in [6.07, 6.45) is 0. The fourth-order valence-electron chi connectivity index (χ4n) is 4.09. The van der Waals surface area contributed by atoms with Crippen molar-refractivity contribution in [3.05, 3.63) is 89.5 Å². The molecule has 4 aromatic rings. The second-order valence-electron chi connectivity index (χ2n) is 7.61. The molecular weight excluding hydrogens is 452 g/mol. The molecule has 0 spiro atoms. The Hall–Kier alpha value is -4.17. The van der Waals surface area contributed by atoms with Gasteiger partial charge in [-0.25, -0.2) is 4.98 Å². The van der Waals surface area contributed by atoms with E-state index in [2.05, 4.69) is 4.98 Å². The number of ketones is 1. The minimum atomic E-state index is -0.918. The van der Waals surface area contributed by atoms with Crippen LogP contribution in [0.1, 0.15) is 17.2 Å². The lowest BCUT2D eigenvalue weighted by Crippen LogP contribution is -2.29. The molecule has 1 aromatic heterocycles. The third-order valence-electron chi connectivity index (χ3n) is 5.72. The van der Waals surface area contributed by atoms with E-state index in [1.54, 1.807) is 67.8 Å². The molecule has 1 unspecified atom stereocenters. The summed E-state index contributed by atoms with van der Waals surface area (Å²) in [5.74, 6) is -0.648. The minimum Gasteiger partial charge on any atom is -0.507 e. The number of benzene rings is 3. The van der Waals surface area contributed by atoms with Crippen LogP contribution in [-0.4, -0.2) is 36.0 Å². The van der Waals surface area contributed by atoms with Gasteiger partial charge in [-0.1, -0.05) is 59.9 Å². The molecule has 34 heavy (non-hydrogen) atoms. The highest BCUT2D eigenvalue weighted by molar-refractivity contribution is 7.22. The van der Waals surface area contributed by atoms with Crippen LogP contribution in [0.25, 0.3) is 16.0 Å². The normalized spacial score (nSPS) is 17.4. The number of para-hydroxylation sites is 1. The number of hydrogen-bond donors (Lipinski definition) is 1. The number of ether oxygens (including phenoxy) is 2. The lowest BCUT2D eigenvalue weighted by molar-refractivity contribution is -0.132. The summed E-state index contributed by atoms with van der Waals surface area (Å²) < 4.78 is 11.7. The smallest absolute Gasteiger partial charge is 0.301 e. The molecule has 8 heteroatoms. The zero-order valence-corrected chi connectivity index (χ0v) is 19.2. The Morgan fingerprint density at radius 3 is 2.44 bits per heavy atom. The maximum atomic E-state index is 13.4. The fraction of sp³-hybridized carbons (Fsp3) is 0.115. The number of Topliss-reactive ketones (excluding diaryl/α,β-unsaturated/α-hetero) is 1. The summed E-state index contributed by atoms with van der Waals surface area (Å²) in [4.78, 5) is 32.6. The van der Waals surface area contributed by atoms with Gasteiger partial charge in [-0.2, -0.15) is 0 Å². The number of amides is 1. The first-order valence-corrected chi connectivity index (χ1v) is 11.3. The number of aliphatic hydroxyl groups excluding tert-OH is 1. The van der Waals surface area contributed by atoms with Crippen LogP contribution in [0.5, 0.6) is 11.5 Å². The number of nitrogens with zero attached hydrogens (tertiary/aromatic N) is 2. The highest BCUT2D eigenvalue weighted by Crippen LogP contribution is 2.46. The number of aliphatic hydroxyl groups is 1. The summed E-state index contributed by atoms with van der Waals surface area (Å²) in [5, 5.41) is 11.5. The topological polar surface area (TPSA) is 89.0 Å². The Kier molecular flexibility index (Phi) is 5.51. The maximum Gasteiger partial charge on any atom is 0.301 e. The number of fused-ring (bicyclic) bond motifs is 1. The van der Waals surface area contributed by atoms with E-state index in [1.807, 2.05) is 12.1 Å². The third kappa shape index (κ3) is 3.48. The van der Waals surface area contributed by atoms with Crippen molar-refractivity contribution >= 4 is 44.1 Å². The van der Waals surface area contributed by atoms with Gasteiger partial charge in [-0.3, -0.25) is 14.5 Å². The average molecular weight is 473 g/mol. The van der Waals surface area contributed by atoms with Crippen molar-refractivity contribution in [3.63, 3.8) is 0 Å². The summed E-state index contributed by atoms with van der Waals surface area (Å²) >= 11 is 1.27. The van der Waals surface area contributed by atoms with Gasteiger partial charge in [0.05, 0.1) is 30.0 Å².